The van der Waals surface area contributed by atoms with Crippen LogP contribution < -0.4 is 14.9 Å². The molecule has 2 aromatic heterocycles. The Balaban J connectivity index is 1.61. The molecule has 176 valence electrons. The van der Waals surface area contributed by atoms with Crippen molar-refractivity contribution in [3.05, 3.63) is 124 Å². The van der Waals surface area contributed by atoms with Crippen molar-refractivity contribution in [2.24, 2.45) is 4.99 Å². The fraction of sp³-hybridized carbons (Fsp3) is 0.115. The van der Waals surface area contributed by atoms with Gasteiger partial charge in [0.2, 0.25) is 0 Å². The highest BCUT2D eigenvalue weighted by atomic mass is 35.5. The van der Waals surface area contributed by atoms with Crippen LogP contribution in [0, 0.1) is 5.82 Å². The van der Waals surface area contributed by atoms with Crippen molar-refractivity contribution in [3.8, 4) is 0 Å². The van der Waals surface area contributed by atoms with Crippen molar-refractivity contribution >= 4 is 46.3 Å². The van der Waals surface area contributed by atoms with E-state index in [0.29, 0.717) is 16.1 Å². The van der Waals surface area contributed by atoms with Gasteiger partial charge >= 0.3 is 5.97 Å². The largest absolute Gasteiger partial charge is 0.457 e. The van der Waals surface area contributed by atoms with Crippen molar-refractivity contribution in [3.63, 3.8) is 0 Å². The highest BCUT2D eigenvalue weighted by Crippen LogP contribution is 2.33. The molecule has 0 saturated heterocycles. The minimum Gasteiger partial charge on any atom is -0.457 e. The van der Waals surface area contributed by atoms with Crippen LogP contribution in [0.25, 0.3) is 6.08 Å². The molecule has 3 heterocycles. The summed E-state index contributed by atoms with van der Waals surface area (Å²) in [6.45, 7) is 1.83. The topological polar surface area (TPSA) is 60.7 Å². The molecule has 0 N–H and O–H groups in total. The Kier molecular flexibility index (Phi) is 6.51. The zero-order valence-electron chi connectivity index (χ0n) is 18.4. The number of fused-ring (bicyclic) bond motifs is 1. The summed E-state index contributed by atoms with van der Waals surface area (Å²) in [5.41, 5.74) is 1.37. The number of halogens is 2. The molecule has 4 aromatic rings. The molecule has 0 bridgehead atoms. The smallest absolute Gasteiger partial charge is 0.338 e. The lowest BCUT2D eigenvalue weighted by atomic mass is 10.0. The van der Waals surface area contributed by atoms with Gasteiger partial charge in [0.15, 0.2) is 4.80 Å². The highest BCUT2D eigenvalue weighted by Gasteiger charge is 2.34. The Morgan fingerprint density at radius 1 is 1.17 bits per heavy atom. The van der Waals surface area contributed by atoms with E-state index in [0.717, 1.165) is 21.8 Å². The summed E-state index contributed by atoms with van der Waals surface area (Å²) in [7, 11) is 0. The molecule has 1 atom stereocenters. The number of ether oxygens (including phenoxy) is 1. The van der Waals surface area contributed by atoms with Crippen LogP contribution in [-0.4, -0.2) is 10.5 Å². The maximum Gasteiger partial charge on any atom is 0.338 e. The number of thiazole rings is 1. The lowest BCUT2D eigenvalue weighted by Gasteiger charge is -2.23. The predicted molar refractivity (Wildman–Crippen MR) is 136 cm³/mol. The number of carbonyl (C=O) groups excluding carboxylic acids is 1. The number of esters is 1. The molecule has 1 aliphatic heterocycles. The number of thiophene rings is 1. The number of carbonyl (C=O) groups is 1. The molecule has 0 fully saturated rings. The molecule has 2 aromatic carbocycles. The van der Waals surface area contributed by atoms with E-state index in [1.165, 1.54) is 34.1 Å². The third-order valence-electron chi connectivity index (χ3n) is 5.54. The second-order valence-electron chi connectivity index (χ2n) is 7.79. The van der Waals surface area contributed by atoms with Crippen molar-refractivity contribution in [2.45, 2.75) is 19.6 Å². The lowest BCUT2D eigenvalue weighted by molar-refractivity contribution is -0.140. The third-order valence-corrected chi connectivity index (χ3v) is 7.78. The molecule has 5 rings (SSSR count). The number of benzene rings is 2. The molecule has 0 amide bonds. The van der Waals surface area contributed by atoms with E-state index in [4.69, 9.17) is 16.3 Å². The first-order valence-corrected chi connectivity index (χ1v) is 12.7. The van der Waals surface area contributed by atoms with E-state index >= 15 is 0 Å². The molecule has 1 aliphatic rings. The molecule has 0 spiro atoms. The van der Waals surface area contributed by atoms with Gasteiger partial charge in [0.05, 0.1) is 20.8 Å². The summed E-state index contributed by atoms with van der Waals surface area (Å²) in [4.78, 5) is 32.6. The molecule has 0 aliphatic carbocycles. The van der Waals surface area contributed by atoms with Crippen molar-refractivity contribution in [1.29, 1.82) is 0 Å². The number of aromatic nitrogens is 1. The Hall–Kier alpha value is -3.33. The van der Waals surface area contributed by atoms with E-state index in [1.54, 1.807) is 13.0 Å². The standard InChI is InChI=1S/C26H18ClFN2O3S2/c1-15-22(25(32)33-14-16-7-3-2-4-8-16)23(20-11-6-12-34-20)30-24(31)21(35-26(30)29-15)13-17-18(27)9-5-10-19(17)28/h2-13,23H,14H2,1H3. The molecule has 9 heteroatoms. The van der Waals surface area contributed by atoms with Gasteiger partial charge in [-0.15, -0.1) is 11.3 Å². The van der Waals surface area contributed by atoms with Gasteiger partial charge in [0, 0.05) is 10.4 Å². The van der Waals surface area contributed by atoms with Gasteiger partial charge in [-0.05, 0) is 42.1 Å². The van der Waals surface area contributed by atoms with Crippen LogP contribution >= 0.6 is 34.3 Å². The predicted octanol–water partition coefficient (Wildman–Crippen LogP) is 4.83. The zero-order chi connectivity index (χ0) is 24.5. The molecular formula is C26H18ClFN2O3S2. The van der Waals surface area contributed by atoms with Gasteiger partial charge in [-0.25, -0.2) is 14.2 Å². The van der Waals surface area contributed by atoms with Gasteiger partial charge in [0.1, 0.15) is 18.5 Å². The van der Waals surface area contributed by atoms with Crippen LogP contribution in [0.5, 0.6) is 0 Å². The van der Waals surface area contributed by atoms with Gasteiger partial charge in [-0.1, -0.05) is 65.4 Å². The summed E-state index contributed by atoms with van der Waals surface area (Å²) in [5, 5.41) is 2.08. The van der Waals surface area contributed by atoms with Crippen molar-refractivity contribution in [1.82, 2.24) is 4.57 Å². The summed E-state index contributed by atoms with van der Waals surface area (Å²) < 4.78 is 21.8. The molecule has 0 saturated carbocycles. The van der Waals surface area contributed by atoms with Crippen LogP contribution in [0.1, 0.15) is 29.0 Å². The van der Waals surface area contributed by atoms with Crippen LogP contribution in [0.15, 0.2) is 87.1 Å². The van der Waals surface area contributed by atoms with E-state index in [2.05, 4.69) is 4.99 Å². The second-order valence-corrected chi connectivity index (χ2v) is 10.2. The average Bonchev–Trinajstić information content (AvgIpc) is 3.48. The fourth-order valence-electron chi connectivity index (χ4n) is 3.88. The normalized spacial score (nSPS) is 15.6. The van der Waals surface area contributed by atoms with Gasteiger partial charge in [0.25, 0.3) is 5.56 Å². The first kappa shape index (κ1) is 23.4. The Morgan fingerprint density at radius 2 is 1.97 bits per heavy atom. The summed E-state index contributed by atoms with van der Waals surface area (Å²) in [6, 6.07) is 16.7. The van der Waals surface area contributed by atoms with Crippen molar-refractivity contribution in [2.75, 3.05) is 0 Å². The fourth-order valence-corrected chi connectivity index (χ4v) is 5.95. The van der Waals surface area contributed by atoms with Gasteiger partial charge < -0.3 is 4.74 Å². The summed E-state index contributed by atoms with van der Waals surface area (Å²) in [6.07, 6.45) is 1.43. The first-order valence-electron chi connectivity index (χ1n) is 10.6. The van der Waals surface area contributed by atoms with E-state index in [1.807, 2.05) is 47.8 Å². The van der Waals surface area contributed by atoms with Gasteiger partial charge in [-0.3, -0.25) is 9.36 Å². The Bertz CT molecular complexity index is 1600. The number of rotatable bonds is 5. The molecule has 35 heavy (non-hydrogen) atoms. The molecule has 1 unspecified atom stereocenters. The number of hydrogen-bond acceptors (Lipinski definition) is 6. The van der Waals surface area contributed by atoms with E-state index < -0.39 is 17.8 Å². The number of allylic oxidation sites excluding steroid dienone is 1. The maximum absolute atomic E-state index is 14.4. The third kappa shape index (κ3) is 4.52. The molecule has 0 radical (unpaired) electrons. The zero-order valence-corrected chi connectivity index (χ0v) is 20.8. The highest BCUT2D eigenvalue weighted by molar-refractivity contribution is 7.10. The summed E-state index contributed by atoms with van der Waals surface area (Å²) in [5.74, 6) is -1.07. The first-order chi connectivity index (χ1) is 16.9. The monoisotopic (exact) mass is 524 g/mol. The number of nitrogens with zero attached hydrogens (tertiary/aromatic N) is 2. The minimum atomic E-state index is -0.701. The van der Waals surface area contributed by atoms with Crippen LogP contribution in [0.2, 0.25) is 5.02 Å². The maximum atomic E-state index is 14.4. The quantitative estimate of drug-likeness (QED) is 0.351. The van der Waals surface area contributed by atoms with Crippen LogP contribution in [-0.2, 0) is 16.1 Å². The molecule has 5 nitrogen and oxygen atoms in total. The number of hydrogen-bond donors (Lipinski definition) is 0. The van der Waals surface area contributed by atoms with Crippen LogP contribution in [0.4, 0.5) is 4.39 Å². The van der Waals surface area contributed by atoms with Crippen LogP contribution in [0.3, 0.4) is 0 Å². The minimum absolute atomic E-state index is 0.101. The lowest BCUT2D eigenvalue weighted by Crippen LogP contribution is -2.39. The Morgan fingerprint density at radius 3 is 2.69 bits per heavy atom. The SMILES string of the molecule is CC1=C(C(=O)OCc2ccccc2)C(c2cccs2)n2c(sc(=Cc3c(F)cccc3Cl)c2=O)=N1. The van der Waals surface area contributed by atoms with E-state index in [-0.39, 0.29) is 27.3 Å². The van der Waals surface area contributed by atoms with E-state index in [9.17, 15) is 14.0 Å². The second kappa shape index (κ2) is 9.73. The van der Waals surface area contributed by atoms with Crippen molar-refractivity contribution < 1.29 is 13.9 Å². The average molecular weight is 525 g/mol. The molecular weight excluding hydrogens is 507 g/mol. The summed E-state index contributed by atoms with van der Waals surface area (Å²) >= 11 is 8.73. The van der Waals surface area contributed by atoms with Gasteiger partial charge in [-0.2, -0.15) is 0 Å². The Labute approximate surface area is 212 Å².